The van der Waals surface area contributed by atoms with Crippen molar-refractivity contribution in [1.29, 1.82) is 0 Å². The van der Waals surface area contributed by atoms with Crippen LogP contribution in [0.2, 0.25) is 0 Å². The highest BCUT2D eigenvalue weighted by atomic mass is 32.2. The van der Waals surface area contributed by atoms with E-state index in [0.717, 1.165) is 22.0 Å². The minimum absolute atomic E-state index is 0.0243. The van der Waals surface area contributed by atoms with Gasteiger partial charge in [0.1, 0.15) is 12.3 Å². The Balaban J connectivity index is 1.90. The molecular weight excluding hydrogens is 436 g/mol. The Bertz CT molecular complexity index is 974. The van der Waals surface area contributed by atoms with Gasteiger partial charge in [0.2, 0.25) is 5.91 Å². The number of sulfonamides is 1. The molecule has 0 radical (unpaired) electrons. The predicted molar refractivity (Wildman–Crippen MR) is 122 cm³/mol. The van der Waals surface area contributed by atoms with Crippen molar-refractivity contribution >= 4 is 33.4 Å². The molecular formula is C22H28N2O5S2. The second-order valence-corrected chi connectivity index (χ2v) is 9.77. The fraction of sp³-hybridized carbons (Fsp3) is 0.409. The van der Waals surface area contributed by atoms with Gasteiger partial charge in [0.05, 0.1) is 23.3 Å². The number of nitrogens with zero attached hydrogens (tertiary/aromatic N) is 1. The fourth-order valence-electron chi connectivity index (χ4n) is 3.33. The molecule has 1 N–H and O–H groups in total. The van der Waals surface area contributed by atoms with Crippen molar-refractivity contribution in [3.05, 3.63) is 48.5 Å². The number of thioether (sulfide) groups is 1. The smallest absolute Gasteiger partial charge is 0.264 e. The van der Waals surface area contributed by atoms with Gasteiger partial charge >= 0.3 is 0 Å². The molecule has 168 valence electrons. The number of rotatable bonds is 10. The van der Waals surface area contributed by atoms with Crippen LogP contribution in [0, 0.1) is 0 Å². The van der Waals surface area contributed by atoms with E-state index < -0.39 is 15.9 Å². The first-order valence-corrected chi connectivity index (χ1v) is 12.9. The average molecular weight is 465 g/mol. The SMILES string of the molecule is CCOc1ccccc1N(CC(=O)NC[C@H]1CCCO1)S(=O)(=O)c1ccc(SC)cc1. The van der Waals surface area contributed by atoms with Gasteiger partial charge in [-0.2, -0.15) is 0 Å². The molecule has 1 saturated heterocycles. The third-order valence-corrected chi connectivity index (χ3v) is 7.44. The molecule has 0 bridgehead atoms. The van der Waals surface area contributed by atoms with E-state index in [1.54, 1.807) is 48.5 Å². The summed E-state index contributed by atoms with van der Waals surface area (Å²) in [6, 6.07) is 13.5. The monoisotopic (exact) mass is 464 g/mol. The lowest BCUT2D eigenvalue weighted by Crippen LogP contribution is -2.43. The highest BCUT2D eigenvalue weighted by molar-refractivity contribution is 7.98. The Morgan fingerprint density at radius 2 is 1.97 bits per heavy atom. The van der Waals surface area contributed by atoms with Crippen LogP contribution in [-0.2, 0) is 19.6 Å². The van der Waals surface area contributed by atoms with Crippen LogP contribution in [0.3, 0.4) is 0 Å². The standard InChI is InChI=1S/C22H28N2O5S2/c1-3-28-21-9-5-4-8-20(21)24(16-22(25)23-15-17-7-6-14-29-17)31(26,27)19-12-10-18(30-2)11-13-19/h4-5,8-13,17H,3,6-7,14-16H2,1-2H3,(H,23,25)/t17-/m1/s1. The molecule has 1 heterocycles. The lowest BCUT2D eigenvalue weighted by atomic mass is 10.2. The second-order valence-electron chi connectivity index (χ2n) is 7.03. The summed E-state index contributed by atoms with van der Waals surface area (Å²) in [5.74, 6) is 0.00680. The van der Waals surface area contributed by atoms with Gasteiger partial charge in [-0.25, -0.2) is 8.42 Å². The molecule has 1 aliphatic heterocycles. The van der Waals surface area contributed by atoms with Gasteiger partial charge in [-0.1, -0.05) is 12.1 Å². The van der Waals surface area contributed by atoms with Crippen LogP contribution in [0.15, 0.2) is 58.3 Å². The van der Waals surface area contributed by atoms with Gasteiger partial charge in [-0.3, -0.25) is 9.10 Å². The predicted octanol–water partition coefficient (Wildman–Crippen LogP) is 3.30. The fourth-order valence-corrected chi connectivity index (χ4v) is 5.17. The summed E-state index contributed by atoms with van der Waals surface area (Å²) in [5.41, 5.74) is 0.325. The Hall–Kier alpha value is -2.23. The number of amides is 1. The van der Waals surface area contributed by atoms with Gasteiger partial charge < -0.3 is 14.8 Å². The molecule has 0 spiro atoms. The van der Waals surface area contributed by atoms with Crippen LogP contribution < -0.4 is 14.4 Å². The Morgan fingerprint density at radius 1 is 1.23 bits per heavy atom. The van der Waals surface area contributed by atoms with E-state index in [4.69, 9.17) is 9.47 Å². The number of hydrogen-bond donors (Lipinski definition) is 1. The lowest BCUT2D eigenvalue weighted by molar-refractivity contribution is -0.120. The van der Waals surface area contributed by atoms with Gasteiger partial charge in [0.25, 0.3) is 10.0 Å². The van der Waals surface area contributed by atoms with Crippen molar-refractivity contribution in [2.24, 2.45) is 0 Å². The zero-order chi connectivity index (χ0) is 22.3. The third-order valence-electron chi connectivity index (χ3n) is 4.92. The van der Waals surface area contributed by atoms with Crippen LogP contribution in [0.5, 0.6) is 5.75 Å². The van der Waals surface area contributed by atoms with Crippen molar-refractivity contribution in [1.82, 2.24) is 5.32 Å². The molecule has 0 saturated carbocycles. The van der Waals surface area contributed by atoms with Crippen LogP contribution in [0.4, 0.5) is 5.69 Å². The summed E-state index contributed by atoms with van der Waals surface area (Å²) in [7, 11) is -4.00. The van der Waals surface area contributed by atoms with E-state index in [2.05, 4.69) is 5.32 Å². The number of ether oxygens (including phenoxy) is 2. The molecule has 7 nitrogen and oxygen atoms in total. The van der Waals surface area contributed by atoms with Crippen molar-refractivity contribution in [3.8, 4) is 5.75 Å². The summed E-state index contributed by atoms with van der Waals surface area (Å²) in [6.45, 7) is 2.89. The molecule has 1 aliphatic rings. The molecule has 3 rings (SSSR count). The number of carbonyl (C=O) groups excluding carboxylic acids is 1. The zero-order valence-electron chi connectivity index (χ0n) is 17.7. The molecule has 1 amide bonds. The second kappa shape index (κ2) is 10.9. The molecule has 2 aromatic carbocycles. The topological polar surface area (TPSA) is 84.9 Å². The Kier molecular flexibility index (Phi) is 8.22. The summed E-state index contributed by atoms with van der Waals surface area (Å²) in [4.78, 5) is 13.8. The highest BCUT2D eigenvalue weighted by Gasteiger charge is 2.29. The van der Waals surface area contributed by atoms with Crippen molar-refractivity contribution in [2.45, 2.75) is 35.7 Å². The van der Waals surface area contributed by atoms with Crippen molar-refractivity contribution in [2.75, 3.05) is 36.9 Å². The number of benzene rings is 2. The van der Waals surface area contributed by atoms with Gasteiger partial charge in [-0.15, -0.1) is 11.8 Å². The number of para-hydroxylation sites is 2. The molecule has 9 heteroatoms. The molecule has 2 aromatic rings. The molecule has 0 unspecified atom stereocenters. The summed E-state index contributed by atoms with van der Waals surface area (Å²) in [5, 5.41) is 2.80. The van der Waals surface area contributed by atoms with E-state index in [-0.39, 0.29) is 17.5 Å². The largest absolute Gasteiger partial charge is 0.492 e. The first-order chi connectivity index (χ1) is 15.0. The van der Waals surface area contributed by atoms with Gasteiger partial charge in [0.15, 0.2) is 0 Å². The van der Waals surface area contributed by atoms with Gasteiger partial charge in [-0.05, 0) is 62.4 Å². The first-order valence-electron chi connectivity index (χ1n) is 10.2. The van der Waals surface area contributed by atoms with E-state index in [1.807, 2.05) is 13.2 Å². The van der Waals surface area contributed by atoms with E-state index >= 15 is 0 Å². The van der Waals surface area contributed by atoms with Crippen molar-refractivity contribution < 1.29 is 22.7 Å². The molecule has 0 aromatic heterocycles. The third kappa shape index (κ3) is 5.93. The number of nitrogens with one attached hydrogen (secondary N) is 1. The minimum Gasteiger partial charge on any atom is -0.492 e. The highest BCUT2D eigenvalue weighted by Crippen LogP contribution is 2.32. The number of carbonyl (C=O) groups is 1. The molecule has 1 atom stereocenters. The number of anilines is 1. The number of hydrogen-bond acceptors (Lipinski definition) is 6. The van der Waals surface area contributed by atoms with Crippen LogP contribution >= 0.6 is 11.8 Å². The summed E-state index contributed by atoms with van der Waals surface area (Å²) >= 11 is 1.53. The van der Waals surface area contributed by atoms with E-state index in [9.17, 15) is 13.2 Å². The quantitative estimate of drug-likeness (QED) is 0.543. The van der Waals surface area contributed by atoms with Crippen LogP contribution in [-0.4, -0.2) is 53.0 Å². The Morgan fingerprint density at radius 3 is 2.61 bits per heavy atom. The maximum Gasteiger partial charge on any atom is 0.264 e. The van der Waals surface area contributed by atoms with Crippen LogP contribution in [0.1, 0.15) is 19.8 Å². The molecule has 0 aliphatic carbocycles. The zero-order valence-corrected chi connectivity index (χ0v) is 19.4. The first kappa shape index (κ1) is 23.4. The summed E-state index contributed by atoms with van der Waals surface area (Å²) in [6.07, 6.45) is 3.75. The maximum absolute atomic E-state index is 13.5. The average Bonchev–Trinajstić information content (AvgIpc) is 3.30. The Labute approximate surface area is 188 Å². The lowest BCUT2D eigenvalue weighted by Gasteiger charge is -2.26. The maximum atomic E-state index is 13.5. The van der Waals surface area contributed by atoms with Gasteiger partial charge in [0, 0.05) is 18.0 Å². The van der Waals surface area contributed by atoms with E-state index in [0.29, 0.717) is 31.2 Å². The minimum atomic E-state index is -4.00. The van der Waals surface area contributed by atoms with Crippen LogP contribution in [0.25, 0.3) is 0 Å². The molecule has 31 heavy (non-hydrogen) atoms. The summed E-state index contributed by atoms with van der Waals surface area (Å²) < 4.78 is 39.4. The molecule has 1 fully saturated rings. The van der Waals surface area contributed by atoms with E-state index in [1.165, 1.54) is 11.8 Å². The van der Waals surface area contributed by atoms with Crippen molar-refractivity contribution in [3.63, 3.8) is 0 Å². The normalized spacial score (nSPS) is 16.1.